The number of aryl methyl sites for hydroxylation is 1. The molecule has 0 aliphatic carbocycles. The van der Waals surface area contributed by atoms with E-state index in [2.05, 4.69) is 24.5 Å². The van der Waals surface area contributed by atoms with Crippen LogP contribution in [-0.4, -0.2) is 60.1 Å². The highest BCUT2D eigenvalue weighted by atomic mass is 16.6. The van der Waals surface area contributed by atoms with Crippen LogP contribution in [0, 0.1) is 5.92 Å². The van der Waals surface area contributed by atoms with Crippen LogP contribution in [-0.2, 0) is 30.3 Å². The van der Waals surface area contributed by atoms with Crippen molar-refractivity contribution in [3.05, 3.63) is 35.4 Å². The third kappa shape index (κ3) is 13.0. The van der Waals surface area contributed by atoms with Gasteiger partial charge in [0.2, 0.25) is 11.8 Å². The summed E-state index contributed by atoms with van der Waals surface area (Å²) in [6.07, 6.45) is 4.47. The number of carbonyl (C=O) groups is 4. The molecule has 9 heteroatoms. The van der Waals surface area contributed by atoms with E-state index in [9.17, 15) is 19.2 Å². The van der Waals surface area contributed by atoms with Crippen LogP contribution in [0.5, 0.6) is 0 Å². The molecule has 0 spiro atoms. The van der Waals surface area contributed by atoms with E-state index in [0.717, 1.165) is 31.2 Å². The number of nitrogens with zero attached hydrogens (tertiary/aromatic N) is 1. The Balaban J connectivity index is 3.48. The first-order valence-electron chi connectivity index (χ1n) is 15.2. The van der Waals surface area contributed by atoms with Crippen molar-refractivity contribution in [2.45, 2.75) is 118 Å². The van der Waals surface area contributed by atoms with Gasteiger partial charge < -0.3 is 25.0 Å². The van der Waals surface area contributed by atoms with Crippen molar-refractivity contribution < 1.29 is 28.7 Å². The van der Waals surface area contributed by atoms with Gasteiger partial charge in [-0.2, -0.15) is 0 Å². The molecule has 0 aliphatic heterocycles. The zero-order valence-electron chi connectivity index (χ0n) is 26.5. The minimum atomic E-state index is -0.941. The quantitative estimate of drug-likeness (QED) is 0.182. The molecule has 0 saturated heterocycles. The zero-order valence-corrected chi connectivity index (χ0v) is 26.5. The van der Waals surface area contributed by atoms with E-state index in [1.54, 1.807) is 32.6 Å². The molecule has 0 heterocycles. The van der Waals surface area contributed by atoms with Gasteiger partial charge >= 0.3 is 12.1 Å². The minimum absolute atomic E-state index is 0.0290. The Morgan fingerprint density at radius 2 is 1.61 bits per heavy atom. The molecule has 0 saturated carbocycles. The van der Waals surface area contributed by atoms with E-state index in [-0.39, 0.29) is 37.3 Å². The first-order valence-corrected chi connectivity index (χ1v) is 15.2. The van der Waals surface area contributed by atoms with E-state index in [1.165, 1.54) is 0 Å². The first-order chi connectivity index (χ1) is 19.4. The molecule has 1 rings (SSSR count). The van der Waals surface area contributed by atoms with Gasteiger partial charge in [-0.3, -0.25) is 14.4 Å². The van der Waals surface area contributed by atoms with E-state index in [0.29, 0.717) is 24.9 Å². The Morgan fingerprint density at radius 3 is 2.15 bits per heavy atom. The lowest BCUT2D eigenvalue weighted by Gasteiger charge is -2.36. The van der Waals surface area contributed by atoms with Gasteiger partial charge in [-0.25, -0.2) is 4.79 Å². The highest BCUT2D eigenvalue weighted by Crippen LogP contribution is 2.26. The predicted octanol–water partition coefficient (Wildman–Crippen LogP) is 5.71. The molecule has 3 amide bonds. The second kappa shape index (κ2) is 18.4. The Kier molecular flexibility index (Phi) is 16.1. The second-order valence-electron chi connectivity index (χ2n) is 11.4. The monoisotopic (exact) mass is 575 g/mol. The number of hydrogen-bond acceptors (Lipinski definition) is 6. The Morgan fingerprint density at radius 1 is 0.951 bits per heavy atom. The standard InChI is InChI=1S/C32H53N3O6/c1-9-13-14-15-22-35(30(38)27(23(5)10-2)34-31(39)41-32(6,7)8)28(25-18-16-24(11-3)17-19-25)29(37)33-21-20-26(36)40-12-4/h16-19,23,27-28H,9-15,20-22H2,1-8H3,(H,33,37)(H,34,39). The average Bonchev–Trinajstić information content (AvgIpc) is 2.92. The topological polar surface area (TPSA) is 114 Å². The lowest BCUT2D eigenvalue weighted by Crippen LogP contribution is -2.55. The van der Waals surface area contributed by atoms with Gasteiger partial charge in [0.1, 0.15) is 17.7 Å². The molecular formula is C32H53N3O6. The SMILES string of the molecule is CCCCCCN(C(=O)C(NC(=O)OC(C)(C)C)C(C)CC)C(C(=O)NCCC(=O)OCC)c1ccc(CC)cc1. The van der Waals surface area contributed by atoms with Gasteiger partial charge in [-0.1, -0.05) is 77.6 Å². The van der Waals surface area contributed by atoms with Gasteiger partial charge in [-0.05, 0) is 57.6 Å². The lowest BCUT2D eigenvalue weighted by molar-refractivity contribution is -0.145. The molecular weight excluding hydrogens is 522 g/mol. The summed E-state index contributed by atoms with van der Waals surface area (Å²) < 4.78 is 10.5. The summed E-state index contributed by atoms with van der Waals surface area (Å²) in [5.41, 5.74) is 1.05. The molecule has 0 fully saturated rings. The molecule has 1 aromatic carbocycles. The largest absolute Gasteiger partial charge is 0.466 e. The molecule has 0 bridgehead atoms. The van der Waals surface area contributed by atoms with Crippen molar-refractivity contribution in [2.75, 3.05) is 19.7 Å². The number of benzene rings is 1. The molecule has 41 heavy (non-hydrogen) atoms. The van der Waals surface area contributed by atoms with E-state index < -0.39 is 29.7 Å². The number of rotatable bonds is 17. The molecule has 3 unspecified atom stereocenters. The predicted molar refractivity (Wildman–Crippen MR) is 161 cm³/mol. The molecule has 0 radical (unpaired) electrons. The van der Waals surface area contributed by atoms with Gasteiger partial charge in [0.15, 0.2) is 0 Å². The minimum Gasteiger partial charge on any atom is -0.466 e. The maximum Gasteiger partial charge on any atom is 0.408 e. The fourth-order valence-electron chi connectivity index (χ4n) is 4.40. The summed E-state index contributed by atoms with van der Waals surface area (Å²) in [6, 6.07) is 5.84. The summed E-state index contributed by atoms with van der Waals surface area (Å²) in [5, 5.41) is 5.64. The lowest BCUT2D eigenvalue weighted by atomic mass is 9.95. The molecule has 232 valence electrons. The van der Waals surface area contributed by atoms with Crippen LogP contribution in [0.4, 0.5) is 4.79 Å². The molecule has 0 aromatic heterocycles. The Labute approximate surface area is 247 Å². The number of carbonyl (C=O) groups excluding carboxylic acids is 4. The van der Waals surface area contributed by atoms with E-state index in [4.69, 9.17) is 9.47 Å². The van der Waals surface area contributed by atoms with Crippen molar-refractivity contribution in [1.82, 2.24) is 15.5 Å². The Bertz CT molecular complexity index is 957. The summed E-state index contributed by atoms with van der Waals surface area (Å²) >= 11 is 0. The smallest absolute Gasteiger partial charge is 0.408 e. The number of alkyl carbamates (subject to hydrolysis) is 1. The molecule has 2 N–H and O–H groups in total. The van der Waals surface area contributed by atoms with Crippen LogP contribution in [0.15, 0.2) is 24.3 Å². The highest BCUT2D eigenvalue weighted by Gasteiger charge is 2.38. The van der Waals surface area contributed by atoms with Crippen LogP contribution < -0.4 is 10.6 Å². The zero-order chi connectivity index (χ0) is 31.0. The fraction of sp³-hybridized carbons (Fsp3) is 0.688. The van der Waals surface area contributed by atoms with Gasteiger partial charge in [0.25, 0.3) is 0 Å². The summed E-state index contributed by atoms with van der Waals surface area (Å²) in [6.45, 7) is 15.7. The van der Waals surface area contributed by atoms with Crippen molar-refractivity contribution in [2.24, 2.45) is 5.92 Å². The van der Waals surface area contributed by atoms with Crippen molar-refractivity contribution in [3.63, 3.8) is 0 Å². The normalized spacial score (nSPS) is 13.5. The van der Waals surface area contributed by atoms with Crippen molar-refractivity contribution in [1.29, 1.82) is 0 Å². The Hall–Kier alpha value is -3.10. The van der Waals surface area contributed by atoms with Crippen LogP contribution in [0.25, 0.3) is 0 Å². The van der Waals surface area contributed by atoms with Crippen LogP contribution in [0.3, 0.4) is 0 Å². The third-order valence-electron chi connectivity index (χ3n) is 6.88. The third-order valence-corrected chi connectivity index (χ3v) is 6.88. The molecule has 0 aliphatic rings. The molecule has 1 aromatic rings. The van der Waals surface area contributed by atoms with Gasteiger partial charge in [0, 0.05) is 13.1 Å². The van der Waals surface area contributed by atoms with Crippen LogP contribution in [0.1, 0.15) is 111 Å². The fourth-order valence-corrected chi connectivity index (χ4v) is 4.40. The molecule has 3 atom stereocenters. The number of hydrogen-bond donors (Lipinski definition) is 2. The first kappa shape index (κ1) is 35.9. The summed E-state index contributed by atoms with van der Waals surface area (Å²) in [4.78, 5) is 54.4. The number of amides is 3. The van der Waals surface area contributed by atoms with Gasteiger partial charge in [-0.15, -0.1) is 0 Å². The molecule has 9 nitrogen and oxygen atoms in total. The second-order valence-corrected chi connectivity index (χ2v) is 11.4. The summed E-state index contributed by atoms with van der Waals surface area (Å²) in [5.74, 6) is -1.33. The number of ether oxygens (including phenoxy) is 2. The van der Waals surface area contributed by atoms with Crippen molar-refractivity contribution >= 4 is 23.9 Å². The maximum atomic E-state index is 14.3. The van der Waals surface area contributed by atoms with E-state index >= 15 is 0 Å². The van der Waals surface area contributed by atoms with Crippen LogP contribution >= 0.6 is 0 Å². The van der Waals surface area contributed by atoms with Crippen LogP contribution in [0.2, 0.25) is 0 Å². The number of esters is 1. The highest BCUT2D eigenvalue weighted by molar-refractivity contribution is 5.92. The van der Waals surface area contributed by atoms with E-state index in [1.807, 2.05) is 38.1 Å². The summed E-state index contributed by atoms with van der Waals surface area (Å²) in [7, 11) is 0. The number of nitrogens with one attached hydrogen (secondary N) is 2. The van der Waals surface area contributed by atoms with Gasteiger partial charge in [0.05, 0.1) is 13.0 Å². The maximum absolute atomic E-state index is 14.3. The number of unbranched alkanes of at least 4 members (excludes halogenated alkanes) is 3. The van der Waals surface area contributed by atoms with Crippen molar-refractivity contribution in [3.8, 4) is 0 Å². The average molecular weight is 576 g/mol.